The standard InChI is InChI=1S/C11H24.C7H6O2/c1-3-5-7-9-11-10-8-6-4-2;8-7(9)6-4-2-1-3-5-6/h3-11H2,1-2H3;1-5H,(H,8,9). The number of carboxylic acid groups (broad SMARTS) is 1. The van der Waals surface area contributed by atoms with Crippen LogP contribution in [0.15, 0.2) is 30.3 Å². The van der Waals surface area contributed by atoms with Crippen LogP contribution in [0.3, 0.4) is 0 Å². The molecule has 1 N–H and O–H groups in total. The van der Waals surface area contributed by atoms with Crippen molar-refractivity contribution in [3.8, 4) is 0 Å². The maximum Gasteiger partial charge on any atom is 0.335 e. The second-order valence-corrected chi connectivity index (χ2v) is 5.15. The molecule has 0 aliphatic rings. The molecule has 0 spiro atoms. The lowest BCUT2D eigenvalue weighted by Crippen LogP contribution is -1.93. The fraction of sp³-hybridized carbons (Fsp3) is 0.611. The first-order chi connectivity index (χ1) is 9.72. The van der Waals surface area contributed by atoms with Crippen LogP contribution in [-0.2, 0) is 0 Å². The van der Waals surface area contributed by atoms with E-state index >= 15 is 0 Å². The van der Waals surface area contributed by atoms with Gasteiger partial charge in [0.25, 0.3) is 0 Å². The first-order valence-corrected chi connectivity index (χ1v) is 8.00. The molecule has 2 nitrogen and oxygen atoms in total. The van der Waals surface area contributed by atoms with Gasteiger partial charge >= 0.3 is 5.97 Å². The van der Waals surface area contributed by atoms with Gasteiger partial charge in [-0.05, 0) is 12.1 Å². The van der Waals surface area contributed by atoms with Crippen molar-refractivity contribution in [3.63, 3.8) is 0 Å². The van der Waals surface area contributed by atoms with Gasteiger partial charge in [-0.2, -0.15) is 0 Å². The summed E-state index contributed by atoms with van der Waals surface area (Å²) in [6.45, 7) is 4.55. The van der Waals surface area contributed by atoms with Crippen molar-refractivity contribution < 1.29 is 9.90 Å². The third-order valence-electron chi connectivity index (χ3n) is 3.23. The van der Waals surface area contributed by atoms with Gasteiger partial charge in [-0.15, -0.1) is 0 Å². The van der Waals surface area contributed by atoms with Gasteiger partial charge in [0, 0.05) is 0 Å². The Kier molecular flexibility index (Phi) is 13.2. The number of carboxylic acids is 1. The van der Waals surface area contributed by atoms with E-state index in [1.54, 1.807) is 30.3 Å². The van der Waals surface area contributed by atoms with Gasteiger partial charge in [-0.25, -0.2) is 4.79 Å². The lowest BCUT2D eigenvalue weighted by molar-refractivity contribution is 0.0697. The highest BCUT2D eigenvalue weighted by Gasteiger charge is 1.96. The van der Waals surface area contributed by atoms with Crippen molar-refractivity contribution >= 4 is 5.97 Å². The Morgan fingerprint density at radius 2 is 1.20 bits per heavy atom. The summed E-state index contributed by atoms with van der Waals surface area (Å²) in [6.07, 6.45) is 13.0. The minimum Gasteiger partial charge on any atom is -0.478 e. The maximum atomic E-state index is 10.2. The van der Waals surface area contributed by atoms with E-state index in [2.05, 4.69) is 13.8 Å². The normalized spacial score (nSPS) is 9.70. The number of carbonyl (C=O) groups is 1. The van der Waals surface area contributed by atoms with Crippen LogP contribution in [0, 0.1) is 0 Å². The van der Waals surface area contributed by atoms with Crippen molar-refractivity contribution in [2.45, 2.75) is 71.6 Å². The van der Waals surface area contributed by atoms with Gasteiger partial charge in [0.15, 0.2) is 0 Å². The molecule has 0 unspecified atom stereocenters. The van der Waals surface area contributed by atoms with Gasteiger partial charge in [0.2, 0.25) is 0 Å². The summed E-state index contributed by atoms with van der Waals surface area (Å²) in [7, 11) is 0. The zero-order valence-electron chi connectivity index (χ0n) is 13.1. The molecule has 1 aromatic carbocycles. The molecule has 0 saturated carbocycles. The first kappa shape index (κ1) is 18.7. The molecule has 2 heteroatoms. The van der Waals surface area contributed by atoms with Crippen LogP contribution in [0.2, 0.25) is 0 Å². The van der Waals surface area contributed by atoms with Crippen LogP contribution in [0.4, 0.5) is 0 Å². The number of benzene rings is 1. The molecule has 0 heterocycles. The lowest BCUT2D eigenvalue weighted by Gasteiger charge is -1.98. The van der Waals surface area contributed by atoms with E-state index in [1.807, 2.05) is 0 Å². The molecular formula is C18H30O2. The third kappa shape index (κ3) is 11.8. The summed E-state index contributed by atoms with van der Waals surface area (Å²) in [5.41, 5.74) is 0.331. The van der Waals surface area contributed by atoms with Crippen LogP contribution in [-0.4, -0.2) is 11.1 Å². The molecule has 1 aromatic rings. The molecule has 0 amide bonds. The van der Waals surface area contributed by atoms with Crippen LogP contribution in [0.1, 0.15) is 82.0 Å². The number of hydrogen-bond donors (Lipinski definition) is 1. The highest BCUT2D eigenvalue weighted by molar-refractivity contribution is 5.87. The lowest BCUT2D eigenvalue weighted by atomic mass is 10.1. The molecule has 0 atom stereocenters. The van der Waals surface area contributed by atoms with Gasteiger partial charge in [-0.1, -0.05) is 89.8 Å². The summed E-state index contributed by atoms with van der Waals surface area (Å²) in [4.78, 5) is 10.2. The van der Waals surface area contributed by atoms with E-state index in [4.69, 9.17) is 5.11 Å². The first-order valence-electron chi connectivity index (χ1n) is 8.00. The van der Waals surface area contributed by atoms with E-state index in [9.17, 15) is 4.79 Å². The van der Waals surface area contributed by atoms with Gasteiger partial charge in [-0.3, -0.25) is 0 Å². The highest BCUT2D eigenvalue weighted by atomic mass is 16.4. The summed E-state index contributed by atoms with van der Waals surface area (Å²) in [6, 6.07) is 8.30. The zero-order valence-corrected chi connectivity index (χ0v) is 13.1. The van der Waals surface area contributed by atoms with Gasteiger partial charge in [0.1, 0.15) is 0 Å². The van der Waals surface area contributed by atoms with E-state index in [1.165, 1.54) is 57.8 Å². The zero-order chi connectivity index (χ0) is 15.1. The van der Waals surface area contributed by atoms with Crippen molar-refractivity contribution in [2.24, 2.45) is 0 Å². The predicted octanol–water partition coefficient (Wildman–Crippen LogP) is 5.92. The summed E-state index contributed by atoms with van der Waals surface area (Å²) in [5.74, 6) is -0.879. The molecule has 0 bridgehead atoms. The van der Waals surface area contributed by atoms with Crippen LogP contribution in [0.5, 0.6) is 0 Å². The fourth-order valence-corrected chi connectivity index (χ4v) is 1.96. The number of hydrogen-bond acceptors (Lipinski definition) is 1. The van der Waals surface area contributed by atoms with Crippen LogP contribution >= 0.6 is 0 Å². The van der Waals surface area contributed by atoms with Crippen molar-refractivity contribution in [2.75, 3.05) is 0 Å². The third-order valence-corrected chi connectivity index (χ3v) is 3.23. The van der Waals surface area contributed by atoms with Crippen molar-refractivity contribution in [3.05, 3.63) is 35.9 Å². The molecule has 1 rings (SSSR count). The number of aromatic carboxylic acids is 1. The number of rotatable bonds is 9. The Morgan fingerprint density at radius 3 is 1.50 bits per heavy atom. The van der Waals surface area contributed by atoms with Crippen molar-refractivity contribution in [1.29, 1.82) is 0 Å². The van der Waals surface area contributed by atoms with E-state index < -0.39 is 5.97 Å². The molecule has 114 valence electrons. The largest absolute Gasteiger partial charge is 0.478 e. The second-order valence-electron chi connectivity index (χ2n) is 5.15. The quantitative estimate of drug-likeness (QED) is 0.569. The van der Waals surface area contributed by atoms with E-state index in [-0.39, 0.29) is 0 Å². The Bertz CT molecular complexity index is 311. The summed E-state index contributed by atoms with van der Waals surface area (Å²) in [5, 5.41) is 8.38. The molecule has 20 heavy (non-hydrogen) atoms. The van der Waals surface area contributed by atoms with Crippen molar-refractivity contribution in [1.82, 2.24) is 0 Å². The molecule has 0 fully saturated rings. The molecule has 0 aliphatic carbocycles. The Labute approximate surface area is 124 Å². The smallest absolute Gasteiger partial charge is 0.335 e. The highest BCUT2D eigenvalue weighted by Crippen LogP contribution is 2.08. The topological polar surface area (TPSA) is 37.3 Å². The summed E-state index contributed by atoms with van der Waals surface area (Å²) < 4.78 is 0. The molecule has 0 radical (unpaired) electrons. The molecule has 0 aromatic heterocycles. The van der Waals surface area contributed by atoms with E-state index in [0.717, 1.165) is 0 Å². The SMILES string of the molecule is CCCCCCCCCCC.O=C(O)c1ccccc1. The van der Waals surface area contributed by atoms with Crippen LogP contribution in [0.25, 0.3) is 0 Å². The van der Waals surface area contributed by atoms with E-state index in [0.29, 0.717) is 5.56 Å². The van der Waals surface area contributed by atoms with Crippen LogP contribution < -0.4 is 0 Å². The van der Waals surface area contributed by atoms with Gasteiger partial charge < -0.3 is 5.11 Å². The average molecular weight is 278 g/mol. The average Bonchev–Trinajstić information content (AvgIpc) is 2.48. The molecule has 0 saturated heterocycles. The minimum atomic E-state index is -0.879. The van der Waals surface area contributed by atoms with Gasteiger partial charge in [0.05, 0.1) is 5.56 Å². The minimum absolute atomic E-state index is 0.331. The Balaban J connectivity index is 0.000000367. The maximum absolute atomic E-state index is 10.2. The Hall–Kier alpha value is -1.31. The second kappa shape index (κ2) is 14.1. The predicted molar refractivity (Wildman–Crippen MR) is 86.3 cm³/mol. The monoisotopic (exact) mass is 278 g/mol. The fourth-order valence-electron chi connectivity index (χ4n) is 1.96. The Morgan fingerprint density at radius 1 is 0.800 bits per heavy atom. The molecular weight excluding hydrogens is 248 g/mol. The number of unbranched alkanes of at least 4 members (excludes halogenated alkanes) is 8. The summed E-state index contributed by atoms with van der Waals surface area (Å²) >= 11 is 0. The molecule has 0 aliphatic heterocycles.